The van der Waals surface area contributed by atoms with E-state index in [4.69, 9.17) is 4.74 Å². The van der Waals surface area contributed by atoms with E-state index < -0.39 is 15.9 Å². The molecule has 1 N–H and O–H groups in total. The Hall–Kier alpha value is -0.130. The van der Waals surface area contributed by atoms with E-state index in [1.165, 1.54) is 6.26 Å². The summed E-state index contributed by atoms with van der Waals surface area (Å²) >= 11 is 0. The summed E-state index contributed by atoms with van der Waals surface area (Å²) in [5.41, 5.74) is 0. The lowest BCUT2D eigenvalue weighted by molar-refractivity contribution is -0.0526. The van der Waals surface area contributed by atoms with Crippen LogP contribution in [-0.4, -0.2) is 44.3 Å². The van der Waals surface area contributed by atoms with Crippen molar-refractivity contribution in [1.82, 2.24) is 0 Å². The Balaban J connectivity index is 2.65. The van der Waals surface area contributed by atoms with Crippen molar-refractivity contribution in [2.75, 3.05) is 13.4 Å². The van der Waals surface area contributed by atoms with E-state index in [1.54, 1.807) is 7.11 Å². The highest BCUT2D eigenvalue weighted by Gasteiger charge is 2.35. The first kappa shape index (κ1) is 15.9. The van der Waals surface area contributed by atoms with Gasteiger partial charge in [0.15, 0.2) is 0 Å². The molecule has 18 heavy (non-hydrogen) atoms. The Morgan fingerprint density at radius 1 is 1.39 bits per heavy atom. The summed E-state index contributed by atoms with van der Waals surface area (Å²) in [6.45, 7) is 2.05. The van der Waals surface area contributed by atoms with Crippen LogP contribution in [0.3, 0.4) is 0 Å². The minimum absolute atomic E-state index is 0.0509. The Morgan fingerprint density at radius 3 is 2.56 bits per heavy atom. The predicted molar refractivity (Wildman–Crippen MR) is 72.3 cm³/mol. The van der Waals surface area contributed by atoms with Crippen molar-refractivity contribution < 1.29 is 18.3 Å². The fraction of sp³-hybridized carbons (Fsp3) is 1.00. The third-order valence-corrected chi connectivity index (χ3v) is 5.65. The number of hydrogen-bond acceptors (Lipinski definition) is 4. The molecule has 4 nitrogen and oxygen atoms in total. The van der Waals surface area contributed by atoms with Gasteiger partial charge in [-0.3, -0.25) is 0 Å². The molecule has 0 amide bonds. The molecule has 0 aromatic heterocycles. The Morgan fingerprint density at radius 2 is 2.06 bits per heavy atom. The third-order valence-electron chi connectivity index (χ3n) is 4.01. The summed E-state index contributed by atoms with van der Waals surface area (Å²) in [7, 11) is -1.38. The molecule has 4 atom stereocenters. The van der Waals surface area contributed by atoms with Crippen LogP contribution < -0.4 is 0 Å². The topological polar surface area (TPSA) is 63.6 Å². The standard InChI is InChI=1S/C13H26O4S/c1-4-6-12(17-2)13(14)10-7-5-8-11(9-10)18(3,15)16/h10-14H,4-9H2,1-3H3. The smallest absolute Gasteiger partial charge is 0.150 e. The molecule has 5 heteroatoms. The second kappa shape index (κ2) is 6.87. The van der Waals surface area contributed by atoms with Crippen molar-refractivity contribution in [2.24, 2.45) is 5.92 Å². The first-order valence-electron chi connectivity index (χ1n) is 6.79. The van der Waals surface area contributed by atoms with Gasteiger partial charge in [0.05, 0.1) is 17.5 Å². The zero-order chi connectivity index (χ0) is 13.8. The van der Waals surface area contributed by atoms with Crippen LogP contribution in [0.25, 0.3) is 0 Å². The molecular weight excluding hydrogens is 252 g/mol. The van der Waals surface area contributed by atoms with Crippen molar-refractivity contribution >= 4 is 9.84 Å². The van der Waals surface area contributed by atoms with Gasteiger partial charge in [-0.1, -0.05) is 19.8 Å². The Bertz CT molecular complexity index is 339. The van der Waals surface area contributed by atoms with E-state index >= 15 is 0 Å². The second-order valence-corrected chi connectivity index (χ2v) is 7.76. The highest BCUT2D eigenvalue weighted by Crippen LogP contribution is 2.32. The number of ether oxygens (including phenoxy) is 1. The van der Waals surface area contributed by atoms with E-state index in [-0.39, 0.29) is 17.3 Å². The van der Waals surface area contributed by atoms with Crippen LogP contribution in [0.1, 0.15) is 45.4 Å². The van der Waals surface area contributed by atoms with Crippen molar-refractivity contribution in [2.45, 2.75) is 62.9 Å². The maximum absolute atomic E-state index is 11.6. The Labute approximate surface area is 111 Å². The highest BCUT2D eigenvalue weighted by molar-refractivity contribution is 7.91. The van der Waals surface area contributed by atoms with Crippen LogP contribution in [-0.2, 0) is 14.6 Å². The van der Waals surface area contributed by atoms with Crippen LogP contribution in [0.2, 0.25) is 0 Å². The summed E-state index contributed by atoms with van der Waals surface area (Å²) < 4.78 is 28.5. The maximum Gasteiger partial charge on any atom is 0.150 e. The molecule has 1 saturated carbocycles. The maximum atomic E-state index is 11.6. The first-order chi connectivity index (χ1) is 8.40. The van der Waals surface area contributed by atoms with Crippen molar-refractivity contribution in [3.05, 3.63) is 0 Å². The molecule has 1 aliphatic rings. The van der Waals surface area contributed by atoms with Gasteiger partial charge in [-0.05, 0) is 31.6 Å². The summed E-state index contributed by atoms with van der Waals surface area (Å²) in [6.07, 6.45) is 5.44. The minimum atomic E-state index is -2.99. The lowest BCUT2D eigenvalue weighted by Gasteiger charge is -2.34. The molecule has 0 spiro atoms. The molecule has 4 unspecified atom stereocenters. The number of hydrogen-bond donors (Lipinski definition) is 1. The minimum Gasteiger partial charge on any atom is -0.390 e. The van der Waals surface area contributed by atoms with E-state index in [2.05, 4.69) is 6.92 Å². The van der Waals surface area contributed by atoms with Gasteiger partial charge in [0, 0.05) is 13.4 Å². The van der Waals surface area contributed by atoms with Crippen LogP contribution in [0, 0.1) is 5.92 Å². The number of sulfone groups is 1. The SMILES string of the molecule is CCCC(OC)C(O)C1CCCC(S(C)(=O)=O)C1. The third kappa shape index (κ3) is 4.21. The molecule has 1 fully saturated rings. The predicted octanol–water partition coefficient (Wildman–Crippen LogP) is 1.77. The summed E-state index contributed by atoms with van der Waals surface area (Å²) in [5.74, 6) is 0.0509. The number of aliphatic hydroxyl groups excluding tert-OH is 1. The molecule has 0 radical (unpaired) electrons. The molecule has 0 heterocycles. The van der Waals surface area contributed by atoms with E-state index in [1.807, 2.05) is 0 Å². The van der Waals surface area contributed by atoms with Crippen molar-refractivity contribution in [3.8, 4) is 0 Å². The normalized spacial score (nSPS) is 28.9. The molecule has 1 rings (SSSR count). The molecule has 0 bridgehead atoms. The lowest BCUT2D eigenvalue weighted by Crippen LogP contribution is -2.40. The van der Waals surface area contributed by atoms with Crippen LogP contribution >= 0.6 is 0 Å². The van der Waals surface area contributed by atoms with Gasteiger partial charge in [0.1, 0.15) is 9.84 Å². The second-order valence-electron chi connectivity index (χ2n) is 5.43. The highest BCUT2D eigenvalue weighted by atomic mass is 32.2. The average Bonchev–Trinajstić information content (AvgIpc) is 2.34. The molecule has 108 valence electrons. The average molecular weight is 278 g/mol. The number of methoxy groups -OCH3 is 1. The Kier molecular flexibility index (Phi) is 6.08. The molecule has 0 aromatic carbocycles. The zero-order valence-corrected chi connectivity index (χ0v) is 12.4. The van der Waals surface area contributed by atoms with E-state index in [9.17, 15) is 13.5 Å². The van der Waals surface area contributed by atoms with Gasteiger partial charge in [0.25, 0.3) is 0 Å². The van der Waals surface area contributed by atoms with Crippen molar-refractivity contribution in [1.29, 1.82) is 0 Å². The fourth-order valence-electron chi connectivity index (χ4n) is 2.90. The van der Waals surface area contributed by atoms with Crippen molar-refractivity contribution in [3.63, 3.8) is 0 Å². The lowest BCUT2D eigenvalue weighted by atomic mass is 9.82. The fourth-order valence-corrected chi connectivity index (χ4v) is 4.09. The molecule has 0 saturated heterocycles. The first-order valence-corrected chi connectivity index (χ1v) is 8.75. The van der Waals surface area contributed by atoms with Gasteiger partial charge < -0.3 is 9.84 Å². The van der Waals surface area contributed by atoms with E-state index in [0.717, 1.165) is 32.1 Å². The van der Waals surface area contributed by atoms with Crippen LogP contribution in [0.15, 0.2) is 0 Å². The molecule has 0 aliphatic heterocycles. The zero-order valence-electron chi connectivity index (χ0n) is 11.6. The largest absolute Gasteiger partial charge is 0.390 e. The van der Waals surface area contributed by atoms with Gasteiger partial charge in [-0.2, -0.15) is 0 Å². The van der Waals surface area contributed by atoms with Gasteiger partial charge in [-0.15, -0.1) is 0 Å². The molecule has 1 aliphatic carbocycles. The summed E-state index contributed by atoms with van der Waals surface area (Å²) in [6, 6.07) is 0. The quantitative estimate of drug-likeness (QED) is 0.804. The molecule has 0 aromatic rings. The van der Waals surface area contributed by atoms with Gasteiger partial charge >= 0.3 is 0 Å². The van der Waals surface area contributed by atoms with E-state index in [0.29, 0.717) is 6.42 Å². The van der Waals surface area contributed by atoms with Crippen LogP contribution in [0.5, 0.6) is 0 Å². The van der Waals surface area contributed by atoms with Crippen LogP contribution in [0.4, 0.5) is 0 Å². The monoisotopic (exact) mass is 278 g/mol. The number of rotatable bonds is 6. The van der Waals surface area contributed by atoms with Gasteiger partial charge in [-0.25, -0.2) is 8.42 Å². The van der Waals surface area contributed by atoms with Gasteiger partial charge in [0.2, 0.25) is 0 Å². The summed E-state index contributed by atoms with van der Waals surface area (Å²) in [5, 5.41) is 10.0. The summed E-state index contributed by atoms with van der Waals surface area (Å²) in [4.78, 5) is 0. The number of aliphatic hydroxyl groups is 1. The molecular formula is C13H26O4S.